The zero-order valence-electron chi connectivity index (χ0n) is 19.8. The number of hydrogen-bond donors (Lipinski definition) is 1. The molecule has 3 aromatic rings. The summed E-state index contributed by atoms with van der Waals surface area (Å²) in [5.74, 6) is -1.27. The first-order valence-electron chi connectivity index (χ1n) is 11.4. The predicted octanol–water partition coefficient (Wildman–Crippen LogP) is 3.25. The van der Waals surface area contributed by atoms with Crippen LogP contribution >= 0.6 is 0 Å². The van der Waals surface area contributed by atoms with E-state index < -0.39 is 23.2 Å². The van der Waals surface area contributed by atoms with Crippen LogP contribution in [-0.2, 0) is 16.0 Å². The van der Waals surface area contributed by atoms with E-state index in [2.05, 4.69) is 5.10 Å². The largest absolute Gasteiger partial charge is 0.326 e. The van der Waals surface area contributed by atoms with Gasteiger partial charge in [0.1, 0.15) is 11.4 Å². The number of imide groups is 1. The molecule has 0 aliphatic carbocycles. The molecule has 1 aliphatic heterocycles. The Labute approximate surface area is 197 Å². The molecule has 0 fully saturated rings. The van der Waals surface area contributed by atoms with E-state index in [0.29, 0.717) is 24.2 Å². The summed E-state index contributed by atoms with van der Waals surface area (Å²) in [7, 11) is 0. The van der Waals surface area contributed by atoms with Crippen LogP contribution in [0, 0.1) is 18.7 Å². The number of aryl methyl sites for hydroxylation is 2. The number of aromatic nitrogens is 3. The molecule has 0 saturated heterocycles. The van der Waals surface area contributed by atoms with Crippen molar-refractivity contribution >= 4 is 23.1 Å². The Bertz CT molecular complexity index is 1350. The van der Waals surface area contributed by atoms with E-state index >= 15 is 0 Å². The van der Waals surface area contributed by atoms with Crippen LogP contribution in [0.5, 0.6) is 0 Å². The lowest BCUT2D eigenvalue weighted by molar-refractivity contribution is -0.577. The molecular weight excluding hydrogens is 435 g/mol. The Hall–Kier alpha value is -3.81. The Balaban J connectivity index is 2.00. The van der Waals surface area contributed by atoms with Gasteiger partial charge in [0.2, 0.25) is 0 Å². The van der Waals surface area contributed by atoms with E-state index in [1.165, 1.54) is 33.8 Å². The molecule has 0 unspecified atom stereocenters. The molecule has 2 aromatic heterocycles. The van der Waals surface area contributed by atoms with Crippen LogP contribution < -0.4 is 10.1 Å². The van der Waals surface area contributed by atoms with Crippen molar-refractivity contribution in [3.8, 4) is 5.69 Å². The monoisotopic (exact) mass is 463 g/mol. The van der Waals surface area contributed by atoms with Crippen LogP contribution in [0.25, 0.3) is 17.0 Å². The molecule has 176 valence electrons. The fourth-order valence-corrected chi connectivity index (χ4v) is 4.23. The zero-order chi connectivity index (χ0) is 24.6. The van der Waals surface area contributed by atoms with E-state index in [1.807, 2.05) is 33.8 Å². The van der Waals surface area contributed by atoms with Gasteiger partial charge in [-0.1, -0.05) is 27.2 Å². The molecule has 1 N–H and O–H groups in total. The number of pyridine rings is 1. The molecule has 8 heteroatoms. The van der Waals surface area contributed by atoms with Crippen molar-refractivity contribution in [1.82, 2.24) is 14.7 Å². The molecule has 2 amide bonds. The number of aromatic amines is 1. The van der Waals surface area contributed by atoms with Gasteiger partial charge in [0.05, 0.1) is 11.3 Å². The normalized spacial score (nSPS) is 14.1. The van der Waals surface area contributed by atoms with Crippen LogP contribution in [0.1, 0.15) is 44.0 Å². The van der Waals surface area contributed by atoms with Gasteiger partial charge in [-0.3, -0.25) is 24.4 Å². The summed E-state index contributed by atoms with van der Waals surface area (Å²) < 4.78 is 16.4. The second-order valence-electron chi connectivity index (χ2n) is 8.96. The quantitative estimate of drug-likeness (QED) is 0.432. The van der Waals surface area contributed by atoms with Crippen LogP contribution in [0.4, 0.5) is 4.39 Å². The van der Waals surface area contributed by atoms with Crippen LogP contribution in [0.2, 0.25) is 0 Å². The lowest BCUT2D eigenvalue weighted by Crippen LogP contribution is -2.41. The van der Waals surface area contributed by atoms with Gasteiger partial charge < -0.3 is 0 Å². The first-order chi connectivity index (χ1) is 16.2. The van der Waals surface area contributed by atoms with Gasteiger partial charge in [0.25, 0.3) is 17.2 Å². The summed E-state index contributed by atoms with van der Waals surface area (Å²) in [5.41, 5.74) is 1.88. The maximum Gasteiger partial charge on any atom is 0.326 e. The molecule has 0 atom stereocenters. The Kier molecular flexibility index (Phi) is 6.32. The number of benzene rings is 1. The number of amides is 2. The Morgan fingerprint density at radius 2 is 1.76 bits per heavy atom. The van der Waals surface area contributed by atoms with Crippen molar-refractivity contribution in [2.24, 2.45) is 5.92 Å². The van der Waals surface area contributed by atoms with Crippen LogP contribution in [0.15, 0.2) is 53.6 Å². The standard InChI is InChI=1S/C26H27FN4O3/c1-5-7-20-21(25(33)31(28-20)19-11-9-18(27)10-12-19)22-23(29-13-6-8-17(4)15-29)26(34)30(24(22)32)14-16(2)3/h6,8-13,15-16H,5,7,14H2,1-4H3/p+1. The third-order valence-corrected chi connectivity index (χ3v) is 5.70. The van der Waals surface area contributed by atoms with Crippen molar-refractivity contribution in [3.63, 3.8) is 0 Å². The Morgan fingerprint density at radius 1 is 1.06 bits per heavy atom. The zero-order valence-corrected chi connectivity index (χ0v) is 19.8. The number of nitrogens with one attached hydrogen (secondary N) is 1. The first-order valence-corrected chi connectivity index (χ1v) is 11.4. The molecule has 7 nitrogen and oxygen atoms in total. The molecule has 3 heterocycles. The average Bonchev–Trinajstić information content (AvgIpc) is 3.22. The highest BCUT2D eigenvalue weighted by molar-refractivity contribution is 6.44. The third-order valence-electron chi connectivity index (χ3n) is 5.70. The Morgan fingerprint density at radius 3 is 2.38 bits per heavy atom. The number of carbonyl (C=O) groups excluding carboxylic acids is 2. The van der Waals surface area contributed by atoms with Crippen molar-refractivity contribution in [3.05, 3.63) is 81.8 Å². The minimum absolute atomic E-state index is 0.0632. The molecule has 34 heavy (non-hydrogen) atoms. The predicted molar refractivity (Wildman–Crippen MR) is 126 cm³/mol. The summed E-state index contributed by atoms with van der Waals surface area (Å²) in [4.78, 5) is 42.0. The number of carbonyl (C=O) groups is 2. The number of nitrogens with zero attached hydrogens (tertiary/aromatic N) is 3. The molecule has 4 rings (SSSR count). The highest BCUT2D eigenvalue weighted by atomic mass is 19.1. The third kappa shape index (κ3) is 4.11. The summed E-state index contributed by atoms with van der Waals surface area (Å²) >= 11 is 0. The number of hydrogen-bond acceptors (Lipinski definition) is 3. The van der Waals surface area contributed by atoms with Crippen LogP contribution in [0.3, 0.4) is 0 Å². The molecule has 0 saturated carbocycles. The van der Waals surface area contributed by atoms with Gasteiger partial charge in [0, 0.05) is 23.9 Å². The SMILES string of the molecule is CCCc1[nH]n(-c2ccc(F)cc2)c(=O)c1C1=C([n+]2cccc(C)c2)C(=O)N(CC(C)C)C1=O. The highest BCUT2D eigenvalue weighted by Crippen LogP contribution is 2.31. The summed E-state index contributed by atoms with van der Waals surface area (Å²) in [6.45, 7) is 7.96. The van der Waals surface area contributed by atoms with E-state index in [4.69, 9.17) is 0 Å². The number of rotatable bonds is 7. The van der Waals surface area contributed by atoms with Gasteiger partial charge in [-0.25, -0.2) is 9.07 Å². The fourth-order valence-electron chi connectivity index (χ4n) is 4.23. The van der Waals surface area contributed by atoms with Crippen molar-refractivity contribution in [1.29, 1.82) is 0 Å². The number of H-pyrrole nitrogens is 1. The summed E-state index contributed by atoms with van der Waals surface area (Å²) in [5, 5.41) is 3.09. The lowest BCUT2D eigenvalue weighted by atomic mass is 10.0. The average molecular weight is 464 g/mol. The van der Waals surface area contributed by atoms with Crippen LogP contribution in [-0.4, -0.2) is 33.0 Å². The van der Waals surface area contributed by atoms with E-state index in [0.717, 1.165) is 5.56 Å². The smallest absolute Gasteiger partial charge is 0.294 e. The number of halogens is 1. The molecule has 1 aromatic carbocycles. The minimum atomic E-state index is -0.484. The molecular formula is C26H28FN4O3+. The molecule has 0 spiro atoms. The van der Waals surface area contributed by atoms with E-state index in [1.54, 1.807) is 23.0 Å². The second kappa shape index (κ2) is 9.21. The molecule has 0 radical (unpaired) electrons. The molecule has 1 aliphatic rings. The van der Waals surface area contributed by atoms with Gasteiger partial charge in [-0.05, 0) is 49.6 Å². The highest BCUT2D eigenvalue weighted by Gasteiger charge is 2.47. The minimum Gasteiger partial charge on any atom is -0.294 e. The van der Waals surface area contributed by atoms with E-state index in [9.17, 15) is 18.8 Å². The topological polar surface area (TPSA) is 79.1 Å². The fraction of sp³-hybridized carbons (Fsp3) is 0.308. The van der Waals surface area contributed by atoms with Crippen molar-refractivity contribution in [2.45, 2.75) is 40.5 Å². The maximum atomic E-state index is 13.7. The maximum absolute atomic E-state index is 13.7. The van der Waals surface area contributed by atoms with E-state index in [-0.39, 0.29) is 29.3 Å². The van der Waals surface area contributed by atoms with Gasteiger partial charge in [-0.15, -0.1) is 0 Å². The summed E-state index contributed by atoms with van der Waals surface area (Å²) in [6.07, 6.45) is 4.69. The second-order valence-corrected chi connectivity index (χ2v) is 8.96. The van der Waals surface area contributed by atoms with Gasteiger partial charge in [-0.2, -0.15) is 4.57 Å². The summed E-state index contributed by atoms with van der Waals surface area (Å²) in [6, 6.07) is 9.20. The van der Waals surface area contributed by atoms with Crippen molar-refractivity contribution in [2.75, 3.05) is 6.54 Å². The lowest BCUT2D eigenvalue weighted by Gasteiger charge is -2.16. The first kappa shape index (κ1) is 23.4. The van der Waals surface area contributed by atoms with Gasteiger partial charge in [0.15, 0.2) is 12.4 Å². The van der Waals surface area contributed by atoms with Crippen molar-refractivity contribution < 1.29 is 18.5 Å². The van der Waals surface area contributed by atoms with Gasteiger partial charge >= 0.3 is 5.91 Å². The molecule has 0 bridgehead atoms.